The molecule has 0 aliphatic carbocycles. The van der Waals surface area contributed by atoms with Gasteiger partial charge in [-0.25, -0.2) is 0 Å². The molecule has 1 aromatic heterocycles. The smallest absolute Gasteiger partial charge is 0.306 e. The summed E-state index contributed by atoms with van der Waals surface area (Å²) >= 11 is 1.69. The second-order valence-corrected chi connectivity index (χ2v) is 5.28. The number of nitrogens with zero attached hydrogens (tertiary/aromatic N) is 1. The van der Waals surface area contributed by atoms with Crippen LogP contribution in [0.25, 0.3) is 0 Å². The van der Waals surface area contributed by atoms with Crippen molar-refractivity contribution in [3.63, 3.8) is 0 Å². The van der Waals surface area contributed by atoms with Gasteiger partial charge in [-0.1, -0.05) is 6.07 Å². The third-order valence-electron chi connectivity index (χ3n) is 2.61. The van der Waals surface area contributed by atoms with Gasteiger partial charge < -0.3 is 10.1 Å². The molecular formula is C13H20N2O3S. The Morgan fingerprint density at radius 1 is 1.47 bits per heavy atom. The molecule has 0 bridgehead atoms. The maximum atomic E-state index is 11.6. The number of likely N-dealkylation sites (N-methyl/N-ethyl adjacent to an activating group) is 1. The average Bonchev–Trinajstić information content (AvgIpc) is 2.89. The third kappa shape index (κ3) is 6.93. The van der Waals surface area contributed by atoms with Crippen LogP contribution in [0.3, 0.4) is 0 Å². The van der Waals surface area contributed by atoms with Gasteiger partial charge in [0.1, 0.15) is 0 Å². The zero-order valence-electron chi connectivity index (χ0n) is 11.3. The zero-order valence-corrected chi connectivity index (χ0v) is 12.2. The first-order valence-corrected chi connectivity index (χ1v) is 7.04. The summed E-state index contributed by atoms with van der Waals surface area (Å²) < 4.78 is 4.55. The molecule has 106 valence electrons. The van der Waals surface area contributed by atoms with E-state index in [1.807, 2.05) is 18.5 Å². The summed E-state index contributed by atoms with van der Waals surface area (Å²) in [5.41, 5.74) is 0. The Kier molecular flexibility index (Phi) is 7.14. The maximum Gasteiger partial charge on any atom is 0.306 e. The highest BCUT2D eigenvalue weighted by Gasteiger charge is 2.08. The number of ether oxygens (including phenoxy) is 1. The van der Waals surface area contributed by atoms with Crippen LogP contribution in [0.5, 0.6) is 0 Å². The second-order valence-electron chi connectivity index (χ2n) is 4.24. The molecule has 0 saturated carbocycles. The summed E-state index contributed by atoms with van der Waals surface area (Å²) in [6, 6.07) is 4.06. The van der Waals surface area contributed by atoms with Gasteiger partial charge in [0.2, 0.25) is 5.91 Å². The molecule has 5 nitrogen and oxygen atoms in total. The van der Waals surface area contributed by atoms with Crippen molar-refractivity contribution in [1.29, 1.82) is 0 Å². The van der Waals surface area contributed by atoms with Gasteiger partial charge in [0.15, 0.2) is 0 Å². The highest BCUT2D eigenvalue weighted by atomic mass is 32.1. The molecular weight excluding hydrogens is 264 g/mol. The van der Waals surface area contributed by atoms with Crippen molar-refractivity contribution < 1.29 is 14.3 Å². The molecule has 1 amide bonds. The molecule has 1 heterocycles. The van der Waals surface area contributed by atoms with Gasteiger partial charge in [-0.05, 0) is 24.9 Å². The summed E-state index contributed by atoms with van der Waals surface area (Å²) in [6.45, 7) is 1.46. The maximum absolute atomic E-state index is 11.6. The Labute approximate surface area is 117 Å². The topological polar surface area (TPSA) is 58.6 Å². The molecule has 0 unspecified atom stereocenters. The fourth-order valence-corrected chi connectivity index (χ4v) is 2.25. The summed E-state index contributed by atoms with van der Waals surface area (Å²) in [6.07, 6.45) is 1.16. The highest BCUT2D eigenvalue weighted by molar-refractivity contribution is 7.09. The normalized spacial score (nSPS) is 10.5. The molecule has 6 heteroatoms. The summed E-state index contributed by atoms with van der Waals surface area (Å²) in [7, 11) is 3.17. The van der Waals surface area contributed by atoms with E-state index < -0.39 is 0 Å². The summed E-state index contributed by atoms with van der Waals surface area (Å²) in [5.74, 6) is -0.283. The standard InChI is InChI=1S/C13H20N2O3S/c1-15(8-6-13(17)18-2)10-12(16)14-7-5-11-4-3-9-19-11/h3-4,9H,5-8,10H2,1-2H3,(H,14,16). The van der Waals surface area contributed by atoms with E-state index in [0.29, 0.717) is 26.1 Å². The van der Waals surface area contributed by atoms with E-state index >= 15 is 0 Å². The van der Waals surface area contributed by atoms with Crippen molar-refractivity contribution in [2.45, 2.75) is 12.8 Å². The van der Waals surface area contributed by atoms with E-state index in [4.69, 9.17) is 0 Å². The van der Waals surface area contributed by atoms with Crippen LogP contribution >= 0.6 is 11.3 Å². The molecule has 0 aliphatic heterocycles. The van der Waals surface area contributed by atoms with Gasteiger partial charge >= 0.3 is 5.97 Å². The quantitative estimate of drug-likeness (QED) is 0.721. The molecule has 1 rings (SSSR count). The number of nitrogens with one attached hydrogen (secondary N) is 1. The van der Waals surface area contributed by atoms with E-state index in [0.717, 1.165) is 6.42 Å². The minimum absolute atomic E-state index is 0.0241. The van der Waals surface area contributed by atoms with E-state index in [-0.39, 0.29) is 11.9 Å². The SMILES string of the molecule is COC(=O)CCN(C)CC(=O)NCCc1cccs1. The van der Waals surface area contributed by atoms with Crippen molar-refractivity contribution in [2.24, 2.45) is 0 Å². The second kappa shape index (κ2) is 8.66. The molecule has 0 aromatic carbocycles. The zero-order chi connectivity index (χ0) is 14.1. The molecule has 1 N–H and O–H groups in total. The van der Waals surface area contributed by atoms with Crippen molar-refractivity contribution in [3.8, 4) is 0 Å². The third-order valence-corrected chi connectivity index (χ3v) is 3.55. The Morgan fingerprint density at radius 3 is 2.89 bits per heavy atom. The lowest BCUT2D eigenvalue weighted by Crippen LogP contribution is -2.36. The molecule has 0 aliphatic rings. The number of carbonyl (C=O) groups is 2. The van der Waals surface area contributed by atoms with Crippen LogP contribution in [0.2, 0.25) is 0 Å². The predicted octanol–water partition coefficient (Wildman–Crippen LogP) is 0.902. The van der Waals surface area contributed by atoms with Crippen molar-refractivity contribution in [1.82, 2.24) is 10.2 Å². The van der Waals surface area contributed by atoms with Crippen LogP contribution in [0.15, 0.2) is 17.5 Å². The minimum atomic E-state index is -0.259. The van der Waals surface area contributed by atoms with Gasteiger partial charge in [0.25, 0.3) is 0 Å². The Bertz CT molecular complexity index is 393. The number of hydrogen-bond donors (Lipinski definition) is 1. The first-order chi connectivity index (χ1) is 9.11. The van der Waals surface area contributed by atoms with E-state index in [9.17, 15) is 9.59 Å². The van der Waals surface area contributed by atoms with E-state index in [1.165, 1.54) is 12.0 Å². The lowest BCUT2D eigenvalue weighted by atomic mass is 10.3. The number of thiophene rings is 1. The van der Waals surface area contributed by atoms with Crippen LogP contribution < -0.4 is 5.32 Å². The Hall–Kier alpha value is -1.40. The first-order valence-electron chi connectivity index (χ1n) is 6.16. The first kappa shape index (κ1) is 15.7. The predicted molar refractivity (Wildman–Crippen MR) is 75.2 cm³/mol. The molecule has 19 heavy (non-hydrogen) atoms. The van der Waals surface area contributed by atoms with E-state index in [2.05, 4.69) is 16.1 Å². The highest BCUT2D eigenvalue weighted by Crippen LogP contribution is 2.07. The summed E-state index contributed by atoms with van der Waals surface area (Å²) in [5, 5.41) is 4.89. The van der Waals surface area contributed by atoms with Gasteiger partial charge in [0.05, 0.1) is 20.1 Å². The van der Waals surface area contributed by atoms with Gasteiger partial charge in [-0.3, -0.25) is 14.5 Å². The minimum Gasteiger partial charge on any atom is -0.469 e. The number of rotatable bonds is 8. The molecule has 0 atom stereocenters. The van der Waals surface area contributed by atoms with Gasteiger partial charge in [0, 0.05) is 18.0 Å². The van der Waals surface area contributed by atoms with Crippen LogP contribution in [0.1, 0.15) is 11.3 Å². The molecule has 0 fully saturated rings. The lowest BCUT2D eigenvalue weighted by molar-refractivity contribution is -0.141. The largest absolute Gasteiger partial charge is 0.469 e. The monoisotopic (exact) mass is 284 g/mol. The lowest BCUT2D eigenvalue weighted by Gasteiger charge is -2.15. The van der Waals surface area contributed by atoms with Crippen molar-refractivity contribution >= 4 is 23.2 Å². The Morgan fingerprint density at radius 2 is 2.26 bits per heavy atom. The molecule has 1 aromatic rings. The molecule has 0 saturated heterocycles. The van der Waals surface area contributed by atoms with E-state index in [1.54, 1.807) is 16.2 Å². The number of methoxy groups -OCH3 is 1. The number of amides is 1. The number of esters is 1. The van der Waals surface area contributed by atoms with Crippen LogP contribution in [-0.2, 0) is 20.7 Å². The van der Waals surface area contributed by atoms with Crippen LogP contribution in [-0.4, -0.2) is 50.6 Å². The number of hydrogen-bond acceptors (Lipinski definition) is 5. The van der Waals surface area contributed by atoms with Crippen molar-refractivity contribution in [2.75, 3.05) is 33.8 Å². The molecule has 0 radical (unpaired) electrons. The van der Waals surface area contributed by atoms with Crippen LogP contribution in [0.4, 0.5) is 0 Å². The van der Waals surface area contributed by atoms with Crippen LogP contribution in [0, 0.1) is 0 Å². The molecule has 0 spiro atoms. The average molecular weight is 284 g/mol. The fourth-order valence-electron chi connectivity index (χ4n) is 1.54. The van der Waals surface area contributed by atoms with Crippen molar-refractivity contribution in [3.05, 3.63) is 22.4 Å². The van der Waals surface area contributed by atoms with Gasteiger partial charge in [-0.15, -0.1) is 11.3 Å². The number of carbonyl (C=O) groups excluding carboxylic acids is 2. The fraction of sp³-hybridized carbons (Fsp3) is 0.538. The Balaban J connectivity index is 2.11. The van der Waals surface area contributed by atoms with Gasteiger partial charge in [-0.2, -0.15) is 0 Å². The summed E-state index contributed by atoms with van der Waals surface area (Å²) in [4.78, 5) is 25.7.